The lowest BCUT2D eigenvalue weighted by molar-refractivity contribution is -0.173. The van der Waals surface area contributed by atoms with E-state index in [1.807, 2.05) is 62.4 Å². The van der Waals surface area contributed by atoms with E-state index in [-0.39, 0.29) is 28.0 Å². The lowest BCUT2D eigenvalue weighted by atomic mass is 9.75. The van der Waals surface area contributed by atoms with Crippen LogP contribution in [0.3, 0.4) is 0 Å². The zero-order valence-electron chi connectivity index (χ0n) is 39.0. The quantitative estimate of drug-likeness (QED) is 0.0825. The van der Waals surface area contributed by atoms with Gasteiger partial charge in [0.2, 0.25) is 0 Å². The van der Waals surface area contributed by atoms with Crippen molar-refractivity contribution >= 4 is 17.1 Å². The first-order chi connectivity index (χ1) is 33.1. The van der Waals surface area contributed by atoms with E-state index in [9.17, 15) is 26.3 Å². The summed E-state index contributed by atoms with van der Waals surface area (Å²) in [4.78, 5) is 0. The molecule has 7 nitrogen and oxygen atoms in total. The summed E-state index contributed by atoms with van der Waals surface area (Å²) in [5, 5.41) is 0. The summed E-state index contributed by atoms with van der Waals surface area (Å²) in [5.41, 5.74) is 19.1. The van der Waals surface area contributed by atoms with Crippen LogP contribution in [0.5, 0.6) is 46.0 Å². The van der Waals surface area contributed by atoms with E-state index in [0.717, 1.165) is 34.3 Å². The Morgan fingerprint density at radius 3 is 1.06 bits per heavy atom. The molecule has 0 spiro atoms. The van der Waals surface area contributed by atoms with Crippen LogP contribution >= 0.6 is 0 Å². The van der Waals surface area contributed by atoms with Crippen LogP contribution in [0.4, 0.5) is 43.4 Å². The topological polar surface area (TPSA) is 115 Å². The van der Waals surface area contributed by atoms with Gasteiger partial charge in [-0.2, -0.15) is 26.3 Å². The van der Waals surface area contributed by atoms with Crippen LogP contribution < -0.4 is 36.1 Å². The van der Waals surface area contributed by atoms with Gasteiger partial charge in [-0.15, -0.1) is 0 Å². The van der Waals surface area contributed by atoms with Crippen LogP contribution in [-0.4, -0.2) is 6.18 Å². The number of ether oxygens (including phenoxy) is 4. The summed E-state index contributed by atoms with van der Waals surface area (Å²) >= 11 is 0. The zero-order chi connectivity index (χ0) is 50.4. The van der Waals surface area contributed by atoms with Crippen molar-refractivity contribution in [2.24, 2.45) is 0 Å². The third kappa shape index (κ3) is 11.8. The van der Waals surface area contributed by atoms with Crippen molar-refractivity contribution in [3.05, 3.63) is 221 Å². The molecule has 0 saturated carbocycles. The van der Waals surface area contributed by atoms with Crippen LogP contribution in [0.15, 0.2) is 182 Å². The fourth-order valence-corrected chi connectivity index (χ4v) is 7.62. The van der Waals surface area contributed by atoms with E-state index in [1.54, 1.807) is 60.7 Å². The first kappa shape index (κ1) is 49.8. The summed E-state index contributed by atoms with van der Waals surface area (Å²) < 4.78 is 106. The minimum Gasteiger partial charge on any atom is -0.457 e. The van der Waals surface area contributed by atoms with E-state index < -0.39 is 23.3 Å². The lowest BCUT2D eigenvalue weighted by Crippen LogP contribution is -2.40. The number of anilines is 3. The fraction of sp³-hybridized carbons (Fsp3) is 0.158. The number of benzene rings is 8. The van der Waals surface area contributed by atoms with Gasteiger partial charge in [0.15, 0.2) is 0 Å². The maximum absolute atomic E-state index is 14.4. The average Bonchev–Trinajstić information content (AvgIpc) is 3.32. The van der Waals surface area contributed by atoms with Crippen LogP contribution in [0.1, 0.15) is 59.7 Å². The molecule has 360 valence electrons. The molecule has 8 aromatic rings. The molecule has 70 heavy (non-hydrogen) atoms. The first-order valence-electron chi connectivity index (χ1n) is 22.0. The first-order valence-corrected chi connectivity index (χ1v) is 22.0. The number of rotatable bonds is 12. The van der Waals surface area contributed by atoms with Gasteiger partial charge < -0.3 is 36.1 Å². The van der Waals surface area contributed by atoms with Crippen molar-refractivity contribution in [1.82, 2.24) is 0 Å². The second-order valence-corrected chi connectivity index (χ2v) is 17.4. The van der Waals surface area contributed by atoms with E-state index in [4.69, 9.17) is 36.1 Å². The summed E-state index contributed by atoms with van der Waals surface area (Å²) in [6.07, 6.45) is -9.10. The molecule has 0 bridgehead atoms. The van der Waals surface area contributed by atoms with Crippen molar-refractivity contribution in [2.75, 3.05) is 17.2 Å². The largest absolute Gasteiger partial charge is 0.457 e. The normalized spacial score (nSPS) is 11.8. The van der Waals surface area contributed by atoms with Crippen LogP contribution in [-0.2, 0) is 17.0 Å². The van der Waals surface area contributed by atoms with Gasteiger partial charge in [-0.05, 0) is 170 Å². The number of hydrogen-bond donors (Lipinski definition) is 3. The molecule has 0 saturated heterocycles. The highest BCUT2D eigenvalue weighted by atomic mass is 19.4. The molecule has 6 N–H and O–H groups in total. The van der Waals surface area contributed by atoms with E-state index in [1.165, 1.54) is 73.2 Å². The number of nitrogens with two attached hydrogens (primary N) is 3. The second-order valence-electron chi connectivity index (χ2n) is 17.4. The Hall–Kier alpha value is -8.06. The molecule has 0 radical (unpaired) electrons. The lowest BCUT2D eigenvalue weighted by Gasteiger charge is -2.33. The summed E-state index contributed by atoms with van der Waals surface area (Å²) in [7, 11) is 0. The number of aryl methyl sites for hydroxylation is 2. The molecular formula is C57H51F6N3O4. The van der Waals surface area contributed by atoms with Crippen LogP contribution in [0.2, 0.25) is 0 Å². The predicted octanol–water partition coefficient (Wildman–Crippen LogP) is 16.1. The number of hydrogen-bond acceptors (Lipinski definition) is 7. The Kier molecular flexibility index (Phi) is 14.4. The molecule has 0 aliphatic rings. The van der Waals surface area contributed by atoms with E-state index in [0.29, 0.717) is 40.1 Å². The minimum absolute atomic E-state index is 0.0252. The van der Waals surface area contributed by atoms with Gasteiger partial charge in [0.1, 0.15) is 57.0 Å². The van der Waals surface area contributed by atoms with Crippen molar-refractivity contribution in [3.63, 3.8) is 0 Å². The molecule has 0 fully saturated rings. The molecule has 0 amide bonds. The van der Waals surface area contributed by atoms with Crippen LogP contribution in [0.25, 0.3) is 0 Å². The Morgan fingerprint density at radius 1 is 0.357 bits per heavy atom. The highest BCUT2D eigenvalue weighted by molar-refractivity contribution is 5.52. The van der Waals surface area contributed by atoms with Gasteiger partial charge >= 0.3 is 12.4 Å². The fourth-order valence-electron chi connectivity index (χ4n) is 7.62. The molecule has 0 aliphatic heterocycles. The highest BCUT2D eigenvalue weighted by Crippen LogP contribution is 2.47. The molecule has 8 aromatic carbocycles. The standard InChI is InChI=1S/C30H28F3NO2.C27H23F3N2O2/c1-19-5-15-27(20(2)17-19)35-24-11-6-21(7-12-24)29(3,4)22-8-13-25(14-9-22)36-28-16-10-23(34)18-26(28)30(31,32)33;1-26(27(28,29)30,18-2-10-22(11-3-18)33-24-14-6-20(31)7-15-24)19-4-12-23(13-5-19)34-25-16-8-21(32)9-17-25/h5-18H,34H2,1-4H3;2-17H,31-32H2,1H3. The number of nitrogen functional groups attached to an aromatic ring is 3. The Balaban J connectivity index is 0.000000207. The molecule has 0 heterocycles. The van der Waals surface area contributed by atoms with Crippen molar-refractivity contribution in [1.29, 1.82) is 0 Å². The Bertz CT molecular complexity index is 2920. The average molecular weight is 956 g/mol. The maximum Gasteiger partial charge on any atom is 0.420 e. The molecular weight excluding hydrogens is 905 g/mol. The van der Waals surface area contributed by atoms with E-state index in [2.05, 4.69) is 19.9 Å². The summed E-state index contributed by atoms with van der Waals surface area (Å²) in [5.74, 6) is 3.50. The van der Waals surface area contributed by atoms with Crippen molar-refractivity contribution < 1.29 is 45.3 Å². The van der Waals surface area contributed by atoms with Crippen LogP contribution in [0, 0.1) is 13.8 Å². The number of alkyl halides is 6. The van der Waals surface area contributed by atoms with Gasteiger partial charge in [-0.25, -0.2) is 0 Å². The summed E-state index contributed by atoms with van der Waals surface area (Å²) in [6.45, 7) is 9.40. The second kappa shape index (κ2) is 20.3. The monoisotopic (exact) mass is 955 g/mol. The molecule has 0 aromatic heterocycles. The number of halogens is 6. The molecule has 0 atom stereocenters. The van der Waals surface area contributed by atoms with E-state index >= 15 is 0 Å². The maximum atomic E-state index is 14.4. The third-order valence-electron chi connectivity index (χ3n) is 11.9. The Morgan fingerprint density at radius 2 is 0.686 bits per heavy atom. The molecule has 0 aliphatic carbocycles. The molecule has 0 unspecified atom stereocenters. The van der Waals surface area contributed by atoms with Gasteiger partial charge in [0.05, 0.1) is 0 Å². The summed E-state index contributed by atoms with van der Waals surface area (Å²) in [6, 6.07) is 49.9. The zero-order valence-corrected chi connectivity index (χ0v) is 39.0. The van der Waals surface area contributed by atoms with Crippen molar-refractivity contribution in [2.45, 2.75) is 57.8 Å². The van der Waals surface area contributed by atoms with Gasteiger partial charge in [0.25, 0.3) is 0 Å². The van der Waals surface area contributed by atoms with Gasteiger partial charge in [0, 0.05) is 22.5 Å². The minimum atomic E-state index is -4.57. The van der Waals surface area contributed by atoms with Gasteiger partial charge in [-0.1, -0.05) is 80.1 Å². The SMILES string of the molecule is CC(c1ccc(Oc2ccc(N)cc2)cc1)(c1ccc(Oc2ccc(N)cc2)cc1)C(F)(F)F.Cc1ccc(Oc2ccc(C(C)(C)c3ccc(Oc4ccc(N)cc4C(F)(F)F)cc3)cc2)c(C)c1. The van der Waals surface area contributed by atoms with Crippen molar-refractivity contribution in [3.8, 4) is 46.0 Å². The third-order valence-corrected chi connectivity index (χ3v) is 11.9. The molecule has 8 rings (SSSR count). The highest BCUT2D eigenvalue weighted by Gasteiger charge is 2.53. The molecule has 13 heteroatoms. The smallest absolute Gasteiger partial charge is 0.420 e. The Labute approximate surface area is 403 Å². The predicted molar refractivity (Wildman–Crippen MR) is 264 cm³/mol. The van der Waals surface area contributed by atoms with Gasteiger partial charge in [-0.3, -0.25) is 0 Å².